The fourth-order valence-corrected chi connectivity index (χ4v) is 3.76. The smallest absolute Gasteiger partial charge is 0.254 e. The summed E-state index contributed by atoms with van der Waals surface area (Å²) in [6, 6.07) is 25.0. The summed E-state index contributed by atoms with van der Waals surface area (Å²) in [5.74, 6) is 1.47. The molecule has 1 amide bonds. The van der Waals surface area contributed by atoms with E-state index < -0.39 is 0 Å². The molecule has 0 aliphatic carbocycles. The van der Waals surface area contributed by atoms with Crippen molar-refractivity contribution in [2.24, 2.45) is 0 Å². The second kappa shape index (κ2) is 10.1. The van der Waals surface area contributed by atoms with Crippen LogP contribution in [-0.2, 0) is 13.2 Å². The molecule has 1 N–H and O–H groups in total. The van der Waals surface area contributed by atoms with Gasteiger partial charge in [-0.25, -0.2) is 0 Å². The molecule has 1 fully saturated rings. The van der Waals surface area contributed by atoms with E-state index in [1.54, 1.807) is 4.90 Å². The lowest BCUT2D eigenvalue weighted by Gasteiger charge is -2.23. The van der Waals surface area contributed by atoms with Crippen molar-refractivity contribution in [3.05, 3.63) is 95.6 Å². The first-order valence-electron chi connectivity index (χ1n) is 10.6. The Balaban J connectivity index is 1.31. The first kappa shape index (κ1) is 20.9. The molecule has 1 heterocycles. The highest BCUT2D eigenvalue weighted by Crippen LogP contribution is 2.23. The average molecular weight is 418 g/mol. The normalized spacial score (nSPS) is 15.6. The number of rotatable bonds is 8. The van der Waals surface area contributed by atoms with Gasteiger partial charge in [-0.1, -0.05) is 48.5 Å². The van der Waals surface area contributed by atoms with Gasteiger partial charge < -0.3 is 19.5 Å². The Labute approximate surface area is 182 Å². The average Bonchev–Trinajstić information content (AvgIpc) is 3.31. The van der Waals surface area contributed by atoms with Crippen molar-refractivity contribution >= 4 is 5.91 Å². The lowest BCUT2D eigenvalue weighted by Crippen LogP contribution is -2.37. The SMILES string of the molecule is O=C(c1ccc(COc2cccc(OCc3ccccc3)c2)cc1)N1CCC[C@H]1CO. The van der Waals surface area contributed by atoms with Crippen LogP contribution in [0.3, 0.4) is 0 Å². The molecule has 0 saturated carbocycles. The quantitative estimate of drug-likeness (QED) is 0.589. The Morgan fingerprint density at radius 1 is 0.871 bits per heavy atom. The zero-order valence-electron chi connectivity index (χ0n) is 17.4. The number of carbonyl (C=O) groups is 1. The van der Waals surface area contributed by atoms with Gasteiger partial charge in [-0.05, 0) is 48.2 Å². The molecule has 0 aromatic heterocycles. The van der Waals surface area contributed by atoms with Gasteiger partial charge in [-0.15, -0.1) is 0 Å². The van der Waals surface area contributed by atoms with E-state index >= 15 is 0 Å². The van der Waals surface area contributed by atoms with Crippen molar-refractivity contribution < 1.29 is 19.4 Å². The predicted molar refractivity (Wildman–Crippen MR) is 119 cm³/mol. The summed E-state index contributed by atoms with van der Waals surface area (Å²) < 4.78 is 11.8. The molecule has 1 saturated heterocycles. The molecule has 5 nitrogen and oxygen atoms in total. The Morgan fingerprint density at radius 2 is 1.52 bits per heavy atom. The number of hydrogen-bond donors (Lipinski definition) is 1. The van der Waals surface area contributed by atoms with Gasteiger partial charge >= 0.3 is 0 Å². The molecule has 3 aromatic rings. The van der Waals surface area contributed by atoms with E-state index in [1.165, 1.54) is 0 Å². The van der Waals surface area contributed by atoms with Crippen molar-refractivity contribution in [1.29, 1.82) is 0 Å². The van der Waals surface area contributed by atoms with E-state index in [9.17, 15) is 9.90 Å². The van der Waals surface area contributed by atoms with Gasteiger partial charge in [0.15, 0.2) is 0 Å². The van der Waals surface area contributed by atoms with E-state index in [1.807, 2.05) is 78.9 Å². The van der Waals surface area contributed by atoms with E-state index in [2.05, 4.69) is 0 Å². The molecule has 1 aliphatic heterocycles. The Morgan fingerprint density at radius 3 is 2.16 bits per heavy atom. The third-order valence-electron chi connectivity index (χ3n) is 5.51. The van der Waals surface area contributed by atoms with Gasteiger partial charge in [0.2, 0.25) is 0 Å². The van der Waals surface area contributed by atoms with Crippen molar-refractivity contribution in [3.8, 4) is 11.5 Å². The van der Waals surface area contributed by atoms with E-state index in [0.29, 0.717) is 25.3 Å². The van der Waals surface area contributed by atoms with Crippen LogP contribution in [0, 0.1) is 0 Å². The number of benzene rings is 3. The van der Waals surface area contributed by atoms with Crippen molar-refractivity contribution in [1.82, 2.24) is 4.90 Å². The van der Waals surface area contributed by atoms with Crippen LogP contribution in [0.15, 0.2) is 78.9 Å². The number of aliphatic hydroxyl groups is 1. The molecule has 0 radical (unpaired) electrons. The van der Waals surface area contributed by atoms with E-state index in [0.717, 1.165) is 35.5 Å². The summed E-state index contributed by atoms with van der Waals surface area (Å²) in [6.45, 7) is 1.64. The maximum absolute atomic E-state index is 12.7. The molecule has 0 bridgehead atoms. The number of nitrogens with zero attached hydrogens (tertiary/aromatic N) is 1. The van der Waals surface area contributed by atoms with Crippen LogP contribution in [0.1, 0.15) is 34.3 Å². The highest BCUT2D eigenvalue weighted by molar-refractivity contribution is 5.94. The third-order valence-corrected chi connectivity index (χ3v) is 5.51. The standard InChI is InChI=1S/C26H27NO4/c28-17-23-8-5-15-27(23)26(29)22-13-11-21(12-14-22)19-31-25-10-4-9-24(16-25)30-18-20-6-2-1-3-7-20/h1-4,6-7,9-14,16,23,28H,5,8,15,17-19H2/t23-/m0/s1. The number of amides is 1. The Bertz CT molecular complexity index is 988. The van der Waals surface area contributed by atoms with Gasteiger partial charge in [-0.3, -0.25) is 4.79 Å². The minimum absolute atomic E-state index is 0.0196. The zero-order chi connectivity index (χ0) is 21.5. The van der Waals surface area contributed by atoms with Crippen molar-refractivity contribution in [2.75, 3.05) is 13.2 Å². The largest absolute Gasteiger partial charge is 0.489 e. The van der Waals surface area contributed by atoms with Crippen LogP contribution in [-0.4, -0.2) is 35.1 Å². The Kier molecular flexibility index (Phi) is 6.85. The van der Waals surface area contributed by atoms with Crippen LogP contribution >= 0.6 is 0 Å². The number of aliphatic hydroxyl groups excluding tert-OH is 1. The molecular weight excluding hydrogens is 390 g/mol. The summed E-state index contributed by atoms with van der Waals surface area (Å²) in [7, 11) is 0. The molecule has 4 rings (SSSR count). The number of carbonyl (C=O) groups excluding carboxylic acids is 1. The van der Waals surface area contributed by atoms with E-state index in [-0.39, 0.29) is 18.6 Å². The van der Waals surface area contributed by atoms with Gasteiger partial charge in [-0.2, -0.15) is 0 Å². The summed E-state index contributed by atoms with van der Waals surface area (Å²) >= 11 is 0. The highest BCUT2D eigenvalue weighted by atomic mass is 16.5. The van der Waals surface area contributed by atoms with Crippen LogP contribution < -0.4 is 9.47 Å². The first-order chi connectivity index (χ1) is 15.2. The monoisotopic (exact) mass is 417 g/mol. The minimum atomic E-state index is -0.0631. The maximum Gasteiger partial charge on any atom is 0.254 e. The number of hydrogen-bond acceptors (Lipinski definition) is 4. The Hall–Kier alpha value is -3.31. The second-order valence-corrected chi connectivity index (χ2v) is 7.71. The van der Waals surface area contributed by atoms with Crippen molar-refractivity contribution in [3.63, 3.8) is 0 Å². The summed E-state index contributed by atoms with van der Waals surface area (Å²) in [4.78, 5) is 14.4. The van der Waals surface area contributed by atoms with Crippen molar-refractivity contribution in [2.45, 2.75) is 32.1 Å². The van der Waals surface area contributed by atoms with Crippen LogP contribution in [0.4, 0.5) is 0 Å². The third kappa shape index (κ3) is 5.44. The van der Waals surface area contributed by atoms with Crippen LogP contribution in [0.25, 0.3) is 0 Å². The molecule has 31 heavy (non-hydrogen) atoms. The predicted octanol–water partition coefficient (Wildman–Crippen LogP) is 4.44. The van der Waals surface area contributed by atoms with Gasteiger partial charge in [0.1, 0.15) is 24.7 Å². The van der Waals surface area contributed by atoms with Crippen LogP contribution in [0.2, 0.25) is 0 Å². The molecule has 3 aromatic carbocycles. The summed E-state index contributed by atoms with van der Waals surface area (Å²) in [5, 5.41) is 9.45. The zero-order valence-corrected chi connectivity index (χ0v) is 17.4. The van der Waals surface area contributed by atoms with E-state index in [4.69, 9.17) is 9.47 Å². The molecular formula is C26H27NO4. The molecule has 5 heteroatoms. The number of likely N-dealkylation sites (tertiary alicyclic amines) is 1. The topological polar surface area (TPSA) is 59.0 Å². The summed E-state index contributed by atoms with van der Waals surface area (Å²) in [6.07, 6.45) is 1.80. The second-order valence-electron chi connectivity index (χ2n) is 7.71. The molecule has 1 aliphatic rings. The highest BCUT2D eigenvalue weighted by Gasteiger charge is 2.28. The summed E-state index contributed by atoms with van der Waals surface area (Å²) in [5.41, 5.74) is 2.73. The number of ether oxygens (including phenoxy) is 2. The molecule has 0 unspecified atom stereocenters. The lowest BCUT2D eigenvalue weighted by atomic mass is 10.1. The van der Waals surface area contributed by atoms with Crippen LogP contribution in [0.5, 0.6) is 11.5 Å². The lowest BCUT2D eigenvalue weighted by molar-refractivity contribution is 0.0677. The molecule has 1 atom stereocenters. The fraction of sp³-hybridized carbons (Fsp3) is 0.269. The maximum atomic E-state index is 12.7. The minimum Gasteiger partial charge on any atom is -0.489 e. The molecule has 0 spiro atoms. The fourth-order valence-electron chi connectivity index (χ4n) is 3.76. The van der Waals surface area contributed by atoms with Gasteiger partial charge in [0, 0.05) is 18.2 Å². The first-order valence-corrected chi connectivity index (χ1v) is 10.6. The molecule has 160 valence electrons. The van der Waals surface area contributed by atoms with Gasteiger partial charge in [0.25, 0.3) is 5.91 Å². The van der Waals surface area contributed by atoms with Gasteiger partial charge in [0.05, 0.1) is 12.6 Å².